The van der Waals surface area contributed by atoms with Crippen LogP contribution < -0.4 is 43.0 Å². The number of ether oxygens (including phenoxy) is 2. The normalized spacial score (nSPS) is 16.0. The second-order valence-corrected chi connectivity index (χ2v) is 9.89. The van der Waals surface area contributed by atoms with Crippen LogP contribution in [0, 0.1) is 0 Å². The second kappa shape index (κ2) is 15.9. The van der Waals surface area contributed by atoms with Crippen molar-refractivity contribution in [3.8, 4) is 17.2 Å². The van der Waals surface area contributed by atoms with Crippen LogP contribution >= 0.6 is 0 Å². The molecule has 0 spiro atoms. The monoisotopic (exact) mass is 596 g/mol. The van der Waals surface area contributed by atoms with E-state index in [0.717, 1.165) is 0 Å². The first kappa shape index (κ1) is 32.5. The average molecular weight is 597 g/mol. The minimum Gasteiger partial charge on any atom is -0.508 e. The van der Waals surface area contributed by atoms with Crippen molar-refractivity contribution in [2.45, 2.75) is 37.4 Å². The van der Waals surface area contributed by atoms with Gasteiger partial charge in [-0.05, 0) is 60.7 Å². The molecular formula is C29H40N8O6. The third-order valence-corrected chi connectivity index (χ3v) is 6.58. The first-order valence-electron chi connectivity index (χ1n) is 13.8. The van der Waals surface area contributed by atoms with E-state index < -0.39 is 18.1 Å². The number of hydrogen-bond acceptors (Lipinski definition) is 8. The van der Waals surface area contributed by atoms with Crippen LogP contribution in [0.3, 0.4) is 0 Å². The number of carbonyl (C=O) groups excluding carboxylic acids is 2. The lowest BCUT2D eigenvalue weighted by molar-refractivity contribution is -0.124. The number of amides is 2. The van der Waals surface area contributed by atoms with Gasteiger partial charge < -0.3 is 53.3 Å². The molecule has 12 N–H and O–H groups in total. The van der Waals surface area contributed by atoms with Gasteiger partial charge in [0, 0.05) is 31.3 Å². The molecule has 0 aliphatic carbocycles. The number of nitrogens with two attached hydrogens (primary N) is 4. The van der Waals surface area contributed by atoms with Crippen molar-refractivity contribution in [3.63, 3.8) is 0 Å². The van der Waals surface area contributed by atoms with Crippen molar-refractivity contribution in [3.05, 3.63) is 59.2 Å². The topological polar surface area (TPSA) is 246 Å². The number of aliphatic hydroxyl groups excluding tert-OH is 1. The largest absolute Gasteiger partial charge is 0.508 e. The predicted molar refractivity (Wildman–Crippen MR) is 163 cm³/mol. The first-order chi connectivity index (χ1) is 20.6. The van der Waals surface area contributed by atoms with Crippen LogP contribution in [0.2, 0.25) is 0 Å². The van der Waals surface area contributed by atoms with Crippen molar-refractivity contribution >= 4 is 29.8 Å². The van der Waals surface area contributed by atoms with Gasteiger partial charge in [-0.1, -0.05) is 12.1 Å². The number of nitrogens with zero attached hydrogens (tertiary/aromatic N) is 2. The van der Waals surface area contributed by atoms with E-state index in [-0.39, 0.29) is 49.0 Å². The highest BCUT2D eigenvalue weighted by atomic mass is 16.5. The Morgan fingerprint density at radius 1 is 1.05 bits per heavy atom. The van der Waals surface area contributed by atoms with E-state index in [1.807, 2.05) is 0 Å². The summed E-state index contributed by atoms with van der Waals surface area (Å²) in [6, 6.07) is 9.96. The van der Waals surface area contributed by atoms with Crippen LogP contribution in [0.5, 0.6) is 17.2 Å². The van der Waals surface area contributed by atoms with Gasteiger partial charge in [0.05, 0.1) is 19.8 Å². The van der Waals surface area contributed by atoms with Gasteiger partial charge >= 0.3 is 0 Å². The van der Waals surface area contributed by atoms with Crippen molar-refractivity contribution in [2.24, 2.45) is 32.9 Å². The molecule has 1 heterocycles. The Kier molecular flexibility index (Phi) is 12.0. The molecule has 0 radical (unpaired) electrons. The highest BCUT2D eigenvalue weighted by Gasteiger charge is 2.42. The van der Waals surface area contributed by atoms with Crippen molar-refractivity contribution in [1.82, 2.24) is 10.6 Å². The van der Waals surface area contributed by atoms with Crippen LogP contribution in [0.25, 0.3) is 6.08 Å². The molecule has 0 aromatic heterocycles. The number of nitrogens with one attached hydrogen (secondary N) is 2. The van der Waals surface area contributed by atoms with E-state index in [4.69, 9.17) is 32.4 Å². The summed E-state index contributed by atoms with van der Waals surface area (Å²) < 4.78 is 11.9. The summed E-state index contributed by atoms with van der Waals surface area (Å²) >= 11 is 0. The Balaban J connectivity index is 1.77. The Bertz CT molecular complexity index is 1340. The fraction of sp³-hybridized carbons (Fsp3) is 0.379. The van der Waals surface area contributed by atoms with Gasteiger partial charge in [0.2, 0.25) is 11.8 Å². The number of methoxy groups -OCH3 is 1. The van der Waals surface area contributed by atoms with Gasteiger partial charge in [-0.3, -0.25) is 19.6 Å². The number of rotatable bonds is 15. The molecule has 3 unspecified atom stereocenters. The quantitative estimate of drug-likeness (QED) is 0.0589. The van der Waals surface area contributed by atoms with Crippen LogP contribution in [-0.4, -0.2) is 73.3 Å². The lowest BCUT2D eigenvalue weighted by Gasteiger charge is -2.19. The zero-order chi connectivity index (χ0) is 31.4. The number of aliphatic imine (C=N–C) groups is 2. The summed E-state index contributed by atoms with van der Waals surface area (Å²) in [5.74, 6) is -0.542. The Labute approximate surface area is 249 Å². The summed E-state index contributed by atoms with van der Waals surface area (Å²) in [4.78, 5) is 33.7. The number of hydrogen-bond donors (Lipinski definition) is 8. The number of aromatic hydroxyl groups is 1. The molecule has 3 rings (SSSR count). The van der Waals surface area contributed by atoms with Crippen LogP contribution in [-0.2, 0) is 9.59 Å². The number of aliphatic hydroxyl groups is 1. The molecule has 14 nitrogen and oxygen atoms in total. The molecule has 1 aliphatic rings. The lowest BCUT2D eigenvalue weighted by atomic mass is 9.89. The first-order valence-corrected chi connectivity index (χ1v) is 13.8. The van der Waals surface area contributed by atoms with E-state index in [1.165, 1.54) is 25.3 Å². The van der Waals surface area contributed by atoms with Crippen LogP contribution in [0.1, 0.15) is 48.0 Å². The van der Waals surface area contributed by atoms with E-state index in [0.29, 0.717) is 54.1 Å². The predicted octanol–water partition coefficient (Wildman–Crippen LogP) is -0.0583. The van der Waals surface area contributed by atoms with Crippen LogP contribution in [0.4, 0.5) is 0 Å². The number of carbonyl (C=O) groups is 2. The van der Waals surface area contributed by atoms with Gasteiger partial charge in [-0.15, -0.1) is 0 Å². The zero-order valence-corrected chi connectivity index (χ0v) is 24.0. The maximum absolute atomic E-state index is 13.6. The molecule has 0 saturated heterocycles. The summed E-state index contributed by atoms with van der Waals surface area (Å²) in [7, 11) is 1.49. The molecule has 2 aromatic rings. The standard InChI is InChI=1S/C29H40N8O6/c1-42-22-15-17(4-9-23(40)34-13-10-20(39)16-37-29(32)33)14-21-24(27(41)35-11-2-3-12-36-28(30)31)25(43-26(21)22)18-5-7-19(38)8-6-18/h4-9,14-15,20,24-25,38-39H,2-3,10-13,16H2,1H3,(H,34,40)(H,35,41)(H4,30,31,36)(H4,32,33,37)/b9-4+. The molecule has 2 aromatic carbocycles. The third kappa shape index (κ3) is 9.81. The SMILES string of the molecule is COc1cc(/C=C/C(=O)NCCC(O)CN=C(N)N)cc2c1OC(c1ccc(O)cc1)C2C(=O)NCCCCN=C(N)N. The zero-order valence-electron chi connectivity index (χ0n) is 24.0. The Morgan fingerprint density at radius 2 is 1.77 bits per heavy atom. The Morgan fingerprint density at radius 3 is 2.44 bits per heavy atom. The van der Waals surface area contributed by atoms with Crippen molar-refractivity contribution in [2.75, 3.05) is 33.3 Å². The van der Waals surface area contributed by atoms with Crippen LogP contribution in [0.15, 0.2) is 52.5 Å². The average Bonchev–Trinajstić information content (AvgIpc) is 3.36. The number of phenols is 1. The van der Waals surface area contributed by atoms with Gasteiger partial charge in [0.25, 0.3) is 0 Å². The van der Waals surface area contributed by atoms with E-state index in [2.05, 4.69) is 20.6 Å². The van der Waals surface area contributed by atoms with E-state index in [1.54, 1.807) is 30.3 Å². The van der Waals surface area contributed by atoms with Crippen molar-refractivity contribution in [1.29, 1.82) is 0 Å². The molecule has 1 aliphatic heterocycles. The fourth-order valence-electron chi connectivity index (χ4n) is 4.47. The summed E-state index contributed by atoms with van der Waals surface area (Å²) in [6.07, 6.45) is 3.10. The smallest absolute Gasteiger partial charge is 0.244 e. The second-order valence-electron chi connectivity index (χ2n) is 9.89. The molecule has 14 heteroatoms. The summed E-state index contributed by atoms with van der Waals surface area (Å²) in [5, 5.41) is 25.3. The highest BCUT2D eigenvalue weighted by molar-refractivity contribution is 5.92. The molecule has 43 heavy (non-hydrogen) atoms. The number of guanidine groups is 2. The minimum atomic E-state index is -0.796. The number of benzene rings is 2. The molecule has 3 atom stereocenters. The third-order valence-electron chi connectivity index (χ3n) is 6.58. The minimum absolute atomic E-state index is 0.0232. The lowest BCUT2D eigenvalue weighted by Crippen LogP contribution is -2.32. The Hall–Kier alpha value is -4.98. The molecule has 0 bridgehead atoms. The maximum atomic E-state index is 13.6. The van der Waals surface area contributed by atoms with Gasteiger partial charge in [-0.25, -0.2) is 0 Å². The number of phenolic OH excluding ortho intramolecular Hbond substituents is 1. The fourth-order valence-corrected chi connectivity index (χ4v) is 4.47. The maximum Gasteiger partial charge on any atom is 0.244 e. The van der Waals surface area contributed by atoms with E-state index >= 15 is 0 Å². The molecule has 232 valence electrons. The van der Waals surface area contributed by atoms with Gasteiger partial charge in [0.15, 0.2) is 23.4 Å². The number of fused-ring (bicyclic) bond motifs is 1. The summed E-state index contributed by atoms with van der Waals surface area (Å²) in [6.45, 7) is 1.13. The number of unbranched alkanes of at least 4 members (excludes halogenated alkanes) is 1. The molecule has 2 amide bonds. The van der Waals surface area contributed by atoms with Crippen molar-refractivity contribution < 1.29 is 29.3 Å². The van der Waals surface area contributed by atoms with Gasteiger partial charge in [0.1, 0.15) is 17.8 Å². The van der Waals surface area contributed by atoms with E-state index in [9.17, 15) is 19.8 Å². The molecule has 0 fully saturated rings. The molecule has 0 saturated carbocycles. The summed E-state index contributed by atoms with van der Waals surface area (Å²) in [5.41, 5.74) is 23.1. The molecular weight excluding hydrogens is 556 g/mol. The highest BCUT2D eigenvalue weighted by Crippen LogP contribution is 2.51. The van der Waals surface area contributed by atoms with Gasteiger partial charge in [-0.2, -0.15) is 0 Å².